The Morgan fingerprint density at radius 2 is 1.28 bits per heavy atom. The lowest BCUT2D eigenvalue weighted by molar-refractivity contribution is -0.146. The van der Waals surface area contributed by atoms with Gasteiger partial charge in [-0.3, -0.25) is 14.4 Å². The van der Waals surface area contributed by atoms with E-state index in [4.69, 9.17) is 15.2 Å². The van der Waals surface area contributed by atoms with Crippen LogP contribution in [0.25, 0.3) is 0 Å². The summed E-state index contributed by atoms with van der Waals surface area (Å²) in [6.07, 6.45) is 24.0. The summed E-state index contributed by atoms with van der Waals surface area (Å²) < 4.78 is 10.0. The predicted molar refractivity (Wildman–Crippen MR) is 147 cm³/mol. The summed E-state index contributed by atoms with van der Waals surface area (Å²) >= 11 is 0. The maximum Gasteiger partial charge on any atom is 0.305 e. The van der Waals surface area contributed by atoms with Gasteiger partial charge in [-0.1, -0.05) is 76.9 Å². The number of amides is 1. The summed E-state index contributed by atoms with van der Waals surface area (Å²) in [7, 11) is 0. The van der Waals surface area contributed by atoms with E-state index >= 15 is 0 Å². The average molecular weight is 511 g/mol. The van der Waals surface area contributed by atoms with E-state index in [9.17, 15) is 14.4 Å². The van der Waals surface area contributed by atoms with Crippen molar-refractivity contribution in [2.45, 2.75) is 122 Å². The minimum atomic E-state index is -0.216. The van der Waals surface area contributed by atoms with Crippen molar-refractivity contribution >= 4 is 18.3 Å². The third-order valence-corrected chi connectivity index (χ3v) is 6.26. The molecule has 0 aromatic heterocycles. The van der Waals surface area contributed by atoms with Gasteiger partial charge in [0.15, 0.2) is 0 Å². The van der Waals surface area contributed by atoms with Gasteiger partial charge in [0.25, 0.3) is 6.47 Å². The Bertz CT molecular complexity index is 554. The summed E-state index contributed by atoms with van der Waals surface area (Å²) in [6, 6.07) is 0. The third-order valence-electron chi connectivity index (χ3n) is 6.26. The Hall–Kier alpha value is -1.89. The second-order valence-electron chi connectivity index (χ2n) is 9.50. The van der Waals surface area contributed by atoms with Crippen LogP contribution in [0.5, 0.6) is 0 Å². The lowest BCUT2D eigenvalue weighted by atomic mass is 10.1. The highest BCUT2D eigenvalue weighted by Gasteiger charge is 2.14. The van der Waals surface area contributed by atoms with Crippen molar-refractivity contribution in [2.75, 3.05) is 32.8 Å². The number of carbonyl (C=O) groups is 3. The zero-order valence-corrected chi connectivity index (χ0v) is 23.1. The van der Waals surface area contributed by atoms with Gasteiger partial charge in [-0.15, -0.1) is 0 Å². The van der Waals surface area contributed by atoms with Crippen LogP contribution >= 0.6 is 0 Å². The van der Waals surface area contributed by atoms with Crippen LogP contribution in [0.15, 0.2) is 12.2 Å². The van der Waals surface area contributed by atoms with Crippen LogP contribution in [0.4, 0.5) is 0 Å². The van der Waals surface area contributed by atoms with E-state index in [1.807, 2.05) is 0 Å². The highest BCUT2D eigenvalue weighted by molar-refractivity contribution is 5.76. The normalized spacial score (nSPS) is 11.1. The van der Waals surface area contributed by atoms with Crippen molar-refractivity contribution in [3.8, 4) is 0 Å². The SMILES string of the molecule is CCCCCCCC/C=C\CCCCCCCC(=O)OCCN(CCOC=O)C(=O)CCCCCN. The van der Waals surface area contributed by atoms with Crippen LogP contribution in [0.1, 0.15) is 122 Å². The number of nitrogens with two attached hydrogens (primary N) is 1. The lowest BCUT2D eigenvalue weighted by Gasteiger charge is -2.22. The standard InChI is InChI=1S/C29H54N2O5/c1-2-3-4-5-6-7-8-9-10-11-12-13-14-15-18-21-29(34)36-26-24-31(23-25-35-27-32)28(33)20-17-16-19-22-30/h9-10,27H,2-8,11-26,30H2,1H3/b10-9-. The first-order valence-corrected chi connectivity index (χ1v) is 14.5. The quantitative estimate of drug-likeness (QED) is 0.0621. The number of carbonyl (C=O) groups excluding carboxylic acids is 3. The fourth-order valence-corrected chi connectivity index (χ4v) is 4.01. The van der Waals surface area contributed by atoms with E-state index in [-0.39, 0.29) is 25.1 Å². The van der Waals surface area contributed by atoms with Gasteiger partial charge in [0, 0.05) is 12.8 Å². The number of ether oxygens (including phenoxy) is 2. The second kappa shape index (κ2) is 27.7. The van der Waals surface area contributed by atoms with Crippen LogP contribution in [0.2, 0.25) is 0 Å². The van der Waals surface area contributed by atoms with Gasteiger partial charge in [0.05, 0.1) is 13.1 Å². The second-order valence-corrected chi connectivity index (χ2v) is 9.50. The number of hydrogen-bond donors (Lipinski definition) is 1. The largest absolute Gasteiger partial charge is 0.466 e. The molecule has 7 heteroatoms. The van der Waals surface area contributed by atoms with Crippen molar-refractivity contribution in [1.29, 1.82) is 0 Å². The van der Waals surface area contributed by atoms with Gasteiger partial charge in [0.1, 0.15) is 13.2 Å². The molecule has 0 aliphatic carbocycles. The molecule has 0 heterocycles. The molecule has 0 fully saturated rings. The molecule has 0 rings (SSSR count). The van der Waals surface area contributed by atoms with Crippen LogP contribution in [0, 0.1) is 0 Å². The van der Waals surface area contributed by atoms with Crippen molar-refractivity contribution in [2.24, 2.45) is 5.73 Å². The van der Waals surface area contributed by atoms with E-state index < -0.39 is 0 Å². The number of nitrogens with zero attached hydrogens (tertiary/aromatic N) is 1. The first kappa shape index (κ1) is 34.1. The smallest absolute Gasteiger partial charge is 0.305 e. The molecule has 0 saturated heterocycles. The molecule has 210 valence electrons. The molecule has 0 aliphatic heterocycles. The average Bonchev–Trinajstić information content (AvgIpc) is 2.88. The summed E-state index contributed by atoms with van der Waals surface area (Å²) in [4.78, 5) is 36.4. The topological polar surface area (TPSA) is 98.9 Å². The molecule has 7 nitrogen and oxygen atoms in total. The Morgan fingerprint density at radius 3 is 1.92 bits per heavy atom. The van der Waals surface area contributed by atoms with Crippen LogP contribution in [-0.4, -0.2) is 56.1 Å². The summed E-state index contributed by atoms with van der Waals surface area (Å²) in [5, 5.41) is 0. The maximum atomic E-state index is 12.4. The highest BCUT2D eigenvalue weighted by atomic mass is 16.5. The van der Waals surface area contributed by atoms with E-state index in [0.717, 1.165) is 44.9 Å². The molecule has 1 amide bonds. The molecule has 0 aromatic carbocycles. The summed E-state index contributed by atoms with van der Waals surface area (Å²) in [6.45, 7) is 4.18. The van der Waals surface area contributed by atoms with Crippen LogP contribution in [-0.2, 0) is 23.9 Å². The van der Waals surface area contributed by atoms with E-state index in [1.165, 1.54) is 57.8 Å². The molecule has 36 heavy (non-hydrogen) atoms. The van der Waals surface area contributed by atoms with Crippen molar-refractivity contribution in [3.63, 3.8) is 0 Å². The molecule has 0 aromatic rings. The first-order valence-electron chi connectivity index (χ1n) is 14.5. The highest BCUT2D eigenvalue weighted by Crippen LogP contribution is 2.10. The minimum Gasteiger partial charge on any atom is -0.466 e. The molecule has 0 spiro atoms. The van der Waals surface area contributed by atoms with E-state index in [0.29, 0.717) is 38.9 Å². The lowest BCUT2D eigenvalue weighted by Crippen LogP contribution is -2.37. The summed E-state index contributed by atoms with van der Waals surface area (Å²) in [5.74, 6) is -0.234. The van der Waals surface area contributed by atoms with Crippen molar-refractivity contribution in [3.05, 3.63) is 12.2 Å². The first-order chi connectivity index (χ1) is 17.7. The summed E-state index contributed by atoms with van der Waals surface area (Å²) in [5.41, 5.74) is 5.49. The molecular weight excluding hydrogens is 456 g/mol. The number of unbranched alkanes of at least 4 members (excludes halogenated alkanes) is 13. The third kappa shape index (κ3) is 23.8. The Kier molecular flexibility index (Phi) is 26.2. The van der Waals surface area contributed by atoms with E-state index in [2.05, 4.69) is 19.1 Å². The molecule has 0 aliphatic rings. The molecule has 0 atom stereocenters. The zero-order chi connectivity index (χ0) is 26.5. The minimum absolute atomic E-state index is 0.0187. The molecule has 0 unspecified atom stereocenters. The molecule has 2 N–H and O–H groups in total. The fraction of sp³-hybridized carbons (Fsp3) is 0.828. The van der Waals surface area contributed by atoms with Gasteiger partial charge >= 0.3 is 5.97 Å². The zero-order valence-electron chi connectivity index (χ0n) is 23.1. The van der Waals surface area contributed by atoms with Crippen molar-refractivity contribution in [1.82, 2.24) is 4.90 Å². The Morgan fingerprint density at radius 1 is 0.722 bits per heavy atom. The predicted octanol–water partition coefficient (Wildman–Crippen LogP) is 6.09. The van der Waals surface area contributed by atoms with E-state index in [1.54, 1.807) is 4.90 Å². The van der Waals surface area contributed by atoms with Crippen LogP contribution in [0.3, 0.4) is 0 Å². The molecule has 0 saturated carbocycles. The Labute approximate surface area is 220 Å². The van der Waals surface area contributed by atoms with Gasteiger partial charge in [-0.25, -0.2) is 0 Å². The number of hydrogen-bond acceptors (Lipinski definition) is 6. The van der Waals surface area contributed by atoms with Gasteiger partial charge in [-0.05, 0) is 51.5 Å². The van der Waals surface area contributed by atoms with Gasteiger partial charge in [-0.2, -0.15) is 0 Å². The number of esters is 1. The van der Waals surface area contributed by atoms with Gasteiger partial charge in [0.2, 0.25) is 5.91 Å². The monoisotopic (exact) mass is 510 g/mol. The number of allylic oxidation sites excluding steroid dienone is 2. The fourth-order valence-electron chi connectivity index (χ4n) is 4.01. The molecular formula is C29H54N2O5. The Balaban J connectivity index is 3.76. The molecule has 0 radical (unpaired) electrons. The maximum absolute atomic E-state index is 12.4. The van der Waals surface area contributed by atoms with Gasteiger partial charge < -0.3 is 20.1 Å². The van der Waals surface area contributed by atoms with Crippen molar-refractivity contribution < 1.29 is 23.9 Å². The molecule has 0 bridgehead atoms. The number of rotatable bonds is 27. The van der Waals surface area contributed by atoms with Crippen LogP contribution < -0.4 is 5.73 Å².